The van der Waals surface area contributed by atoms with Gasteiger partial charge < -0.3 is 5.32 Å². The molecule has 1 amide bonds. The molecular formula is C18H23N3OS. The zero-order chi connectivity index (χ0) is 16.7. The van der Waals surface area contributed by atoms with Gasteiger partial charge in [-0.15, -0.1) is 0 Å². The third-order valence-electron chi connectivity index (χ3n) is 3.70. The highest BCUT2D eigenvalue weighted by Crippen LogP contribution is 2.16. The lowest BCUT2D eigenvalue weighted by Gasteiger charge is -2.14. The molecule has 0 aliphatic carbocycles. The summed E-state index contributed by atoms with van der Waals surface area (Å²) >= 11 is 1.49. The van der Waals surface area contributed by atoms with E-state index in [1.807, 2.05) is 24.5 Å². The van der Waals surface area contributed by atoms with Crippen LogP contribution < -0.4 is 5.32 Å². The van der Waals surface area contributed by atoms with Gasteiger partial charge in [-0.2, -0.15) is 0 Å². The van der Waals surface area contributed by atoms with Gasteiger partial charge in [-0.05, 0) is 24.2 Å². The molecule has 1 aromatic heterocycles. The van der Waals surface area contributed by atoms with Gasteiger partial charge in [0, 0.05) is 12.7 Å². The Balaban J connectivity index is 2.05. The fourth-order valence-electron chi connectivity index (χ4n) is 2.35. The standard InChI is InChI=1S/C18H23N3OS/c1-4-8-16-15(12-20-18(21-16)23-3)17(22)19-11-13(2)14-9-6-5-7-10-14/h5-7,9-10,12-13H,4,8,11H2,1-3H3,(H,19,22)/t13-/m1/s1. The predicted molar refractivity (Wildman–Crippen MR) is 95.0 cm³/mol. The first kappa shape index (κ1) is 17.5. The Kier molecular flexibility index (Phi) is 6.59. The zero-order valence-electron chi connectivity index (χ0n) is 13.9. The van der Waals surface area contributed by atoms with Gasteiger partial charge in [-0.3, -0.25) is 4.79 Å². The van der Waals surface area contributed by atoms with Crippen LogP contribution in [-0.4, -0.2) is 28.7 Å². The summed E-state index contributed by atoms with van der Waals surface area (Å²) in [6.07, 6.45) is 5.32. The van der Waals surface area contributed by atoms with Crippen LogP contribution in [0.2, 0.25) is 0 Å². The summed E-state index contributed by atoms with van der Waals surface area (Å²) in [5.74, 6) is 0.171. The fourth-order valence-corrected chi connectivity index (χ4v) is 2.71. The summed E-state index contributed by atoms with van der Waals surface area (Å²) in [6, 6.07) is 10.2. The second-order valence-corrected chi connectivity index (χ2v) is 6.26. The molecule has 5 heteroatoms. The Morgan fingerprint density at radius 2 is 2.04 bits per heavy atom. The first-order chi connectivity index (χ1) is 11.2. The number of amides is 1. The van der Waals surface area contributed by atoms with Crippen molar-refractivity contribution < 1.29 is 4.79 Å². The molecule has 0 fully saturated rings. The normalized spacial score (nSPS) is 12.0. The minimum Gasteiger partial charge on any atom is -0.351 e. The van der Waals surface area contributed by atoms with E-state index in [0.717, 1.165) is 18.5 Å². The van der Waals surface area contributed by atoms with E-state index in [4.69, 9.17) is 0 Å². The lowest BCUT2D eigenvalue weighted by atomic mass is 10.0. The molecule has 4 nitrogen and oxygen atoms in total. The van der Waals surface area contributed by atoms with Crippen LogP contribution in [0.15, 0.2) is 41.7 Å². The first-order valence-corrected chi connectivity index (χ1v) is 9.11. The summed E-state index contributed by atoms with van der Waals surface area (Å²) in [5.41, 5.74) is 2.64. The smallest absolute Gasteiger partial charge is 0.254 e. The van der Waals surface area contributed by atoms with Crippen LogP contribution in [0, 0.1) is 0 Å². The Hall–Kier alpha value is -1.88. The third-order valence-corrected chi connectivity index (χ3v) is 4.26. The molecule has 1 N–H and O–H groups in total. The van der Waals surface area contributed by atoms with Crippen molar-refractivity contribution in [2.75, 3.05) is 12.8 Å². The molecule has 0 aliphatic heterocycles. The van der Waals surface area contributed by atoms with Gasteiger partial charge in [0.25, 0.3) is 5.91 Å². The van der Waals surface area contributed by atoms with Crippen molar-refractivity contribution >= 4 is 17.7 Å². The monoisotopic (exact) mass is 329 g/mol. The molecule has 0 bridgehead atoms. The van der Waals surface area contributed by atoms with Gasteiger partial charge in [-0.1, -0.05) is 62.4 Å². The second kappa shape index (κ2) is 8.67. The number of aryl methyl sites for hydroxylation is 1. The number of benzene rings is 1. The summed E-state index contributed by atoms with van der Waals surface area (Å²) in [6.45, 7) is 4.79. The first-order valence-electron chi connectivity index (χ1n) is 7.88. The highest BCUT2D eigenvalue weighted by molar-refractivity contribution is 7.98. The maximum absolute atomic E-state index is 12.5. The predicted octanol–water partition coefficient (Wildman–Crippen LogP) is 3.68. The Labute approximate surface area is 142 Å². The van der Waals surface area contributed by atoms with E-state index in [-0.39, 0.29) is 11.8 Å². The van der Waals surface area contributed by atoms with Gasteiger partial charge in [0.15, 0.2) is 5.16 Å². The molecular weight excluding hydrogens is 306 g/mol. The molecule has 2 aromatic rings. The van der Waals surface area contributed by atoms with Gasteiger partial charge in [0.2, 0.25) is 0 Å². The van der Waals surface area contributed by atoms with Crippen LogP contribution in [-0.2, 0) is 6.42 Å². The molecule has 1 atom stereocenters. The highest BCUT2D eigenvalue weighted by Gasteiger charge is 2.15. The number of carbonyl (C=O) groups excluding carboxylic acids is 1. The van der Waals surface area contributed by atoms with E-state index in [9.17, 15) is 4.79 Å². The van der Waals surface area contributed by atoms with Crippen molar-refractivity contribution in [3.8, 4) is 0 Å². The second-order valence-electron chi connectivity index (χ2n) is 5.49. The molecule has 0 aliphatic rings. The quantitative estimate of drug-likeness (QED) is 0.622. The van der Waals surface area contributed by atoms with Crippen molar-refractivity contribution in [2.24, 2.45) is 0 Å². The molecule has 0 spiro atoms. The lowest BCUT2D eigenvalue weighted by Crippen LogP contribution is -2.29. The van der Waals surface area contributed by atoms with E-state index < -0.39 is 0 Å². The van der Waals surface area contributed by atoms with Crippen molar-refractivity contribution in [3.05, 3.63) is 53.3 Å². The van der Waals surface area contributed by atoms with Crippen LogP contribution in [0.1, 0.15) is 47.8 Å². The lowest BCUT2D eigenvalue weighted by molar-refractivity contribution is 0.0949. The number of nitrogens with zero attached hydrogens (tertiary/aromatic N) is 2. The SMILES string of the molecule is CCCc1nc(SC)ncc1C(=O)NC[C@@H](C)c1ccccc1. The minimum absolute atomic E-state index is 0.0936. The molecule has 1 heterocycles. The fraction of sp³-hybridized carbons (Fsp3) is 0.389. The van der Waals surface area contributed by atoms with Gasteiger partial charge in [0.1, 0.15) is 0 Å². The Morgan fingerprint density at radius 3 is 2.70 bits per heavy atom. The van der Waals surface area contributed by atoms with Crippen molar-refractivity contribution in [1.82, 2.24) is 15.3 Å². The molecule has 1 aromatic carbocycles. The number of hydrogen-bond donors (Lipinski definition) is 1. The van der Waals surface area contributed by atoms with E-state index in [1.165, 1.54) is 17.3 Å². The van der Waals surface area contributed by atoms with Crippen molar-refractivity contribution in [3.63, 3.8) is 0 Å². The topological polar surface area (TPSA) is 54.9 Å². The number of thioether (sulfide) groups is 1. The minimum atomic E-state index is -0.0936. The number of carbonyl (C=O) groups is 1. The number of rotatable bonds is 7. The Morgan fingerprint density at radius 1 is 1.30 bits per heavy atom. The highest BCUT2D eigenvalue weighted by atomic mass is 32.2. The summed E-state index contributed by atoms with van der Waals surface area (Å²) in [4.78, 5) is 21.2. The summed E-state index contributed by atoms with van der Waals surface area (Å²) < 4.78 is 0. The molecule has 0 saturated carbocycles. The van der Waals surface area contributed by atoms with E-state index in [1.54, 1.807) is 6.20 Å². The molecule has 0 saturated heterocycles. The average molecular weight is 329 g/mol. The Bertz CT molecular complexity index is 646. The summed E-state index contributed by atoms with van der Waals surface area (Å²) in [7, 11) is 0. The zero-order valence-corrected chi connectivity index (χ0v) is 14.7. The summed E-state index contributed by atoms with van der Waals surface area (Å²) in [5, 5.41) is 3.72. The van der Waals surface area contributed by atoms with E-state index in [0.29, 0.717) is 17.3 Å². The molecule has 2 rings (SSSR count). The van der Waals surface area contributed by atoms with E-state index in [2.05, 4.69) is 41.3 Å². The maximum atomic E-state index is 12.5. The number of hydrogen-bond acceptors (Lipinski definition) is 4. The van der Waals surface area contributed by atoms with Crippen LogP contribution in [0.25, 0.3) is 0 Å². The number of nitrogens with one attached hydrogen (secondary N) is 1. The molecule has 0 radical (unpaired) electrons. The molecule has 23 heavy (non-hydrogen) atoms. The van der Waals surface area contributed by atoms with Crippen LogP contribution in [0.4, 0.5) is 0 Å². The van der Waals surface area contributed by atoms with Crippen molar-refractivity contribution in [2.45, 2.75) is 37.8 Å². The number of aromatic nitrogens is 2. The van der Waals surface area contributed by atoms with E-state index >= 15 is 0 Å². The van der Waals surface area contributed by atoms with Crippen LogP contribution in [0.3, 0.4) is 0 Å². The van der Waals surface area contributed by atoms with Gasteiger partial charge in [-0.25, -0.2) is 9.97 Å². The molecule has 122 valence electrons. The van der Waals surface area contributed by atoms with Gasteiger partial charge in [0.05, 0.1) is 11.3 Å². The van der Waals surface area contributed by atoms with Crippen molar-refractivity contribution in [1.29, 1.82) is 0 Å². The average Bonchev–Trinajstić information content (AvgIpc) is 2.60. The van der Waals surface area contributed by atoms with Gasteiger partial charge >= 0.3 is 0 Å². The van der Waals surface area contributed by atoms with Crippen LogP contribution >= 0.6 is 11.8 Å². The van der Waals surface area contributed by atoms with Crippen LogP contribution in [0.5, 0.6) is 0 Å². The maximum Gasteiger partial charge on any atom is 0.254 e. The third kappa shape index (κ3) is 4.79. The largest absolute Gasteiger partial charge is 0.351 e. The molecule has 0 unspecified atom stereocenters.